The molecule has 2 heterocycles. The molecule has 0 radical (unpaired) electrons. The summed E-state index contributed by atoms with van der Waals surface area (Å²) in [6.45, 7) is 5.83. The molecule has 1 unspecified atom stereocenters. The Kier molecular flexibility index (Phi) is 2.72. The molecule has 0 spiro atoms. The average Bonchev–Trinajstić information content (AvgIpc) is 2.98. The van der Waals surface area contributed by atoms with Gasteiger partial charge in [-0.1, -0.05) is 32.0 Å². The van der Waals surface area contributed by atoms with E-state index >= 15 is 0 Å². The van der Waals surface area contributed by atoms with E-state index < -0.39 is 0 Å². The Bertz CT molecular complexity index is 520. The summed E-state index contributed by atoms with van der Waals surface area (Å²) in [6.07, 6.45) is 2.56. The van der Waals surface area contributed by atoms with Crippen LogP contribution in [0.1, 0.15) is 32.3 Å². The van der Waals surface area contributed by atoms with E-state index in [1.54, 1.807) is 0 Å². The van der Waals surface area contributed by atoms with E-state index in [1.807, 2.05) is 11.3 Å². The smallest absolute Gasteiger partial charge is 0.0472 e. The average molecular weight is 245 g/mol. The largest absolute Gasteiger partial charge is 0.307 e. The molecule has 1 N–H and O–H groups in total. The van der Waals surface area contributed by atoms with Crippen LogP contribution in [0.3, 0.4) is 0 Å². The summed E-state index contributed by atoms with van der Waals surface area (Å²) in [4.78, 5) is 0. The van der Waals surface area contributed by atoms with Crippen molar-refractivity contribution >= 4 is 21.4 Å². The highest BCUT2D eigenvalue weighted by Gasteiger charge is 2.39. The normalized spacial score (nSPS) is 24.9. The number of benzene rings is 1. The van der Waals surface area contributed by atoms with Crippen molar-refractivity contribution in [2.75, 3.05) is 6.54 Å². The molecule has 0 bridgehead atoms. The second kappa shape index (κ2) is 4.11. The fourth-order valence-corrected chi connectivity index (χ4v) is 4.15. The van der Waals surface area contributed by atoms with Crippen LogP contribution in [0.15, 0.2) is 29.6 Å². The lowest BCUT2D eigenvalue weighted by Gasteiger charge is -2.35. The highest BCUT2D eigenvalue weighted by molar-refractivity contribution is 7.17. The van der Waals surface area contributed by atoms with E-state index in [-0.39, 0.29) is 5.54 Å². The van der Waals surface area contributed by atoms with Crippen LogP contribution < -0.4 is 5.32 Å². The summed E-state index contributed by atoms with van der Waals surface area (Å²) in [5, 5.41) is 7.37. The maximum Gasteiger partial charge on any atom is 0.0472 e. The molecule has 2 aromatic rings. The lowest BCUT2D eigenvalue weighted by molar-refractivity contribution is 0.280. The zero-order valence-corrected chi connectivity index (χ0v) is 11.3. The number of nitrogens with one attached hydrogen (secondary N) is 1. The molecule has 1 aliphatic rings. The summed E-state index contributed by atoms with van der Waals surface area (Å²) in [5.41, 5.74) is 1.71. The molecule has 1 fully saturated rings. The van der Waals surface area contributed by atoms with E-state index in [0.29, 0.717) is 5.92 Å². The molecule has 1 atom stereocenters. The maximum atomic E-state index is 3.77. The Balaban J connectivity index is 2.21. The molecule has 1 aliphatic heterocycles. The molecule has 1 saturated heterocycles. The maximum absolute atomic E-state index is 3.77. The van der Waals surface area contributed by atoms with Crippen LogP contribution in [-0.2, 0) is 5.54 Å². The minimum absolute atomic E-state index is 0.199. The van der Waals surface area contributed by atoms with Crippen molar-refractivity contribution in [1.29, 1.82) is 0 Å². The van der Waals surface area contributed by atoms with E-state index in [4.69, 9.17) is 0 Å². The number of fused-ring (bicyclic) bond motifs is 1. The molecule has 17 heavy (non-hydrogen) atoms. The Labute approximate surface area is 107 Å². The highest BCUT2D eigenvalue weighted by atomic mass is 32.1. The van der Waals surface area contributed by atoms with Crippen molar-refractivity contribution in [2.24, 2.45) is 5.92 Å². The summed E-state index contributed by atoms with van der Waals surface area (Å²) in [6, 6.07) is 8.97. The Morgan fingerprint density at radius 3 is 2.88 bits per heavy atom. The monoisotopic (exact) mass is 245 g/mol. The van der Waals surface area contributed by atoms with Crippen molar-refractivity contribution in [3.05, 3.63) is 35.2 Å². The zero-order valence-electron chi connectivity index (χ0n) is 10.5. The van der Waals surface area contributed by atoms with Crippen LogP contribution in [0.25, 0.3) is 10.1 Å². The van der Waals surface area contributed by atoms with Crippen LogP contribution >= 0.6 is 11.3 Å². The van der Waals surface area contributed by atoms with Gasteiger partial charge in [0.2, 0.25) is 0 Å². The number of hydrogen-bond acceptors (Lipinski definition) is 2. The van der Waals surface area contributed by atoms with Gasteiger partial charge in [-0.15, -0.1) is 11.3 Å². The third kappa shape index (κ3) is 1.62. The summed E-state index contributed by atoms with van der Waals surface area (Å²) < 4.78 is 1.47. The lowest BCUT2D eigenvalue weighted by atomic mass is 9.78. The Hall–Kier alpha value is -0.860. The first-order valence-electron chi connectivity index (χ1n) is 6.46. The molecular weight excluding hydrogens is 226 g/mol. The minimum Gasteiger partial charge on any atom is -0.307 e. The second-order valence-electron chi connectivity index (χ2n) is 5.30. The Morgan fingerprint density at radius 1 is 1.29 bits per heavy atom. The standard InChI is InChI=1S/C15H19NS/c1-11(2)15(8-4-9-16-15)13-6-3-5-12-7-10-17-14(12)13/h3,5-7,10-11,16H,4,8-9H2,1-2H3. The topological polar surface area (TPSA) is 12.0 Å². The van der Waals surface area contributed by atoms with E-state index in [1.165, 1.54) is 28.5 Å². The molecule has 3 rings (SSSR count). The third-order valence-electron chi connectivity index (χ3n) is 4.13. The predicted molar refractivity (Wildman–Crippen MR) is 75.6 cm³/mol. The molecule has 0 saturated carbocycles. The summed E-state index contributed by atoms with van der Waals surface area (Å²) in [7, 11) is 0. The lowest BCUT2D eigenvalue weighted by Crippen LogP contribution is -2.41. The van der Waals surface area contributed by atoms with Gasteiger partial charge in [0, 0.05) is 10.2 Å². The van der Waals surface area contributed by atoms with Crippen molar-refractivity contribution in [2.45, 2.75) is 32.2 Å². The Morgan fingerprint density at radius 2 is 2.18 bits per heavy atom. The zero-order chi connectivity index (χ0) is 11.9. The molecule has 90 valence electrons. The molecule has 0 amide bonds. The first-order chi connectivity index (χ1) is 8.24. The van der Waals surface area contributed by atoms with Crippen LogP contribution in [0.4, 0.5) is 0 Å². The predicted octanol–water partition coefficient (Wildman–Crippen LogP) is 4.14. The molecule has 1 nitrogen and oxygen atoms in total. The molecule has 1 aromatic carbocycles. The summed E-state index contributed by atoms with van der Waals surface area (Å²) in [5.74, 6) is 0.637. The van der Waals surface area contributed by atoms with Crippen LogP contribution in [0, 0.1) is 5.92 Å². The van der Waals surface area contributed by atoms with Crippen molar-refractivity contribution < 1.29 is 0 Å². The van der Waals surface area contributed by atoms with Gasteiger partial charge in [-0.25, -0.2) is 0 Å². The van der Waals surface area contributed by atoms with Crippen LogP contribution in [0.5, 0.6) is 0 Å². The molecule has 1 aromatic heterocycles. The van der Waals surface area contributed by atoms with Gasteiger partial charge in [0.1, 0.15) is 0 Å². The fraction of sp³-hybridized carbons (Fsp3) is 0.467. The van der Waals surface area contributed by atoms with Gasteiger partial charge < -0.3 is 5.32 Å². The van der Waals surface area contributed by atoms with Crippen molar-refractivity contribution in [1.82, 2.24) is 5.32 Å². The van der Waals surface area contributed by atoms with Gasteiger partial charge >= 0.3 is 0 Å². The van der Waals surface area contributed by atoms with Crippen molar-refractivity contribution in [3.8, 4) is 0 Å². The molecular formula is C15H19NS. The SMILES string of the molecule is CC(C)C1(c2cccc3ccsc23)CCCN1. The van der Waals surface area contributed by atoms with E-state index in [0.717, 1.165) is 6.54 Å². The van der Waals surface area contributed by atoms with Gasteiger partial charge in [-0.05, 0) is 47.7 Å². The summed E-state index contributed by atoms with van der Waals surface area (Å²) >= 11 is 1.88. The molecule has 0 aliphatic carbocycles. The van der Waals surface area contributed by atoms with Crippen LogP contribution in [-0.4, -0.2) is 6.54 Å². The number of hydrogen-bond donors (Lipinski definition) is 1. The highest BCUT2D eigenvalue weighted by Crippen LogP contribution is 2.42. The van der Waals surface area contributed by atoms with Crippen LogP contribution in [0.2, 0.25) is 0 Å². The third-order valence-corrected chi connectivity index (χ3v) is 5.10. The minimum atomic E-state index is 0.199. The fourth-order valence-electron chi connectivity index (χ4n) is 3.15. The first-order valence-corrected chi connectivity index (χ1v) is 7.34. The van der Waals surface area contributed by atoms with Gasteiger partial charge in [0.05, 0.1) is 0 Å². The van der Waals surface area contributed by atoms with Gasteiger partial charge in [0.15, 0.2) is 0 Å². The molecule has 2 heteroatoms. The second-order valence-corrected chi connectivity index (χ2v) is 6.22. The van der Waals surface area contributed by atoms with Gasteiger partial charge in [0.25, 0.3) is 0 Å². The van der Waals surface area contributed by atoms with Crippen molar-refractivity contribution in [3.63, 3.8) is 0 Å². The van der Waals surface area contributed by atoms with E-state index in [9.17, 15) is 0 Å². The number of thiophene rings is 1. The first kappa shape index (κ1) is 11.2. The van der Waals surface area contributed by atoms with E-state index in [2.05, 4.69) is 48.8 Å². The number of rotatable bonds is 2. The van der Waals surface area contributed by atoms with Gasteiger partial charge in [-0.2, -0.15) is 0 Å². The van der Waals surface area contributed by atoms with Gasteiger partial charge in [-0.3, -0.25) is 0 Å². The quantitative estimate of drug-likeness (QED) is 0.838.